The standard InChI is InChI=1S/C15H17NO4S/c1-3-4-9-21-10(2)15(19)20-16-13(17)11-7-5-6-8-12(11)14(16)18/h5-8,10H,3-4,9H2,1-2H3. The summed E-state index contributed by atoms with van der Waals surface area (Å²) in [7, 11) is 0. The SMILES string of the molecule is CCCCSC(C)C(=O)ON1C(=O)c2ccccc2C1=O. The van der Waals surface area contributed by atoms with Gasteiger partial charge in [-0.25, -0.2) is 4.79 Å². The van der Waals surface area contributed by atoms with Crippen molar-refractivity contribution in [3.8, 4) is 0 Å². The molecule has 1 atom stereocenters. The maximum atomic E-state index is 12.0. The number of amides is 2. The van der Waals surface area contributed by atoms with Crippen LogP contribution < -0.4 is 0 Å². The molecule has 6 heteroatoms. The van der Waals surface area contributed by atoms with Gasteiger partial charge in [0.15, 0.2) is 0 Å². The van der Waals surface area contributed by atoms with Crippen molar-refractivity contribution >= 4 is 29.5 Å². The molecule has 112 valence electrons. The van der Waals surface area contributed by atoms with Crippen molar-refractivity contribution in [2.75, 3.05) is 5.75 Å². The molecule has 0 bridgehead atoms. The Balaban J connectivity index is 2.00. The lowest BCUT2D eigenvalue weighted by Crippen LogP contribution is -2.35. The maximum absolute atomic E-state index is 12.0. The second-order valence-corrected chi connectivity index (χ2v) is 6.18. The largest absolute Gasteiger partial charge is 0.345 e. The lowest BCUT2D eigenvalue weighted by molar-refractivity contribution is -0.167. The molecule has 1 aliphatic heterocycles. The number of benzene rings is 1. The molecule has 1 aromatic rings. The van der Waals surface area contributed by atoms with E-state index >= 15 is 0 Å². The van der Waals surface area contributed by atoms with E-state index in [-0.39, 0.29) is 11.1 Å². The Bertz CT molecular complexity index is 538. The molecule has 0 radical (unpaired) electrons. The van der Waals surface area contributed by atoms with Crippen LogP contribution in [0.5, 0.6) is 0 Å². The molecule has 1 unspecified atom stereocenters. The first kappa shape index (κ1) is 15.6. The number of unbranched alkanes of at least 4 members (excludes halogenated alkanes) is 1. The molecule has 0 fully saturated rings. The van der Waals surface area contributed by atoms with Crippen LogP contribution in [0.4, 0.5) is 0 Å². The number of rotatable bonds is 6. The van der Waals surface area contributed by atoms with Gasteiger partial charge in [-0.2, -0.15) is 0 Å². The molecule has 2 amide bonds. The topological polar surface area (TPSA) is 63.7 Å². The third-order valence-corrected chi connectivity index (χ3v) is 4.35. The van der Waals surface area contributed by atoms with Crippen LogP contribution in [0.25, 0.3) is 0 Å². The summed E-state index contributed by atoms with van der Waals surface area (Å²) in [5.41, 5.74) is 0.531. The first-order valence-electron chi connectivity index (χ1n) is 6.87. The van der Waals surface area contributed by atoms with Gasteiger partial charge >= 0.3 is 5.97 Å². The van der Waals surface area contributed by atoms with Crippen LogP contribution in [0.3, 0.4) is 0 Å². The lowest BCUT2D eigenvalue weighted by atomic mass is 10.1. The fourth-order valence-electron chi connectivity index (χ4n) is 1.89. The number of carbonyl (C=O) groups excluding carboxylic acids is 3. The Kier molecular flexibility index (Phi) is 5.01. The Morgan fingerprint density at radius 1 is 1.24 bits per heavy atom. The van der Waals surface area contributed by atoms with Crippen LogP contribution >= 0.6 is 11.8 Å². The number of fused-ring (bicyclic) bond motifs is 1. The minimum absolute atomic E-state index is 0.265. The Morgan fingerprint density at radius 2 is 1.81 bits per heavy atom. The van der Waals surface area contributed by atoms with Crippen molar-refractivity contribution in [2.45, 2.75) is 31.9 Å². The van der Waals surface area contributed by atoms with E-state index in [9.17, 15) is 14.4 Å². The van der Waals surface area contributed by atoms with E-state index in [4.69, 9.17) is 4.84 Å². The highest BCUT2D eigenvalue weighted by Crippen LogP contribution is 2.24. The molecule has 0 spiro atoms. The summed E-state index contributed by atoms with van der Waals surface area (Å²) >= 11 is 1.45. The lowest BCUT2D eigenvalue weighted by Gasteiger charge is -2.15. The van der Waals surface area contributed by atoms with Crippen LogP contribution in [0, 0.1) is 0 Å². The number of hydrogen-bond donors (Lipinski definition) is 0. The molecule has 21 heavy (non-hydrogen) atoms. The summed E-state index contributed by atoms with van der Waals surface area (Å²) in [6, 6.07) is 6.42. The molecule has 1 aromatic carbocycles. The number of thioether (sulfide) groups is 1. The predicted molar refractivity (Wildman–Crippen MR) is 79.9 cm³/mol. The predicted octanol–water partition coefficient (Wildman–Crippen LogP) is 2.66. The van der Waals surface area contributed by atoms with E-state index in [1.165, 1.54) is 11.8 Å². The normalized spacial score (nSPS) is 15.0. The van der Waals surface area contributed by atoms with Gasteiger partial charge in [-0.3, -0.25) is 9.59 Å². The zero-order valence-corrected chi connectivity index (χ0v) is 12.8. The van der Waals surface area contributed by atoms with Gasteiger partial charge in [0.2, 0.25) is 0 Å². The van der Waals surface area contributed by atoms with E-state index in [2.05, 4.69) is 6.92 Å². The second-order valence-electron chi connectivity index (χ2n) is 4.73. The molecule has 2 rings (SSSR count). The van der Waals surface area contributed by atoms with Gasteiger partial charge in [0.05, 0.1) is 11.1 Å². The number of nitrogens with zero attached hydrogens (tertiary/aromatic N) is 1. The summed E-state index contributed by atoms with van der Waals surface area (Å²) in [6.45, 7) is 3.78. The molecule has 0 saturated heterocycles. The molecule has 0 aliphatic carbocycles. The van der Waals surface area contributed by atoms with Crippen molar-refractivity contribution < 1.29 is 19.2 Å². The minimum atomic E-state index is -0.588. The first-order chi connectivity index (χ1) is 10.1. The van der Waals surface area contributed by atoms with Gasteiger partial charge in [0.1, 0.15) is 5.25 Å². The number of imide groups is 1. The highest BCUT2D eigenvalue weighted by molar-refractivity contribution is 8.00. The average molecular weight is 307 g/mol. The van der Waals surface area contributed by atoms with Crippen LogP contribution in [-0.4, -0.2) is 33.8 Å². The van der Waals surface area contributed by atoms with Crippen LogP contribution in [0.15, 0.2) is 24.3 Å². The van der Waals surface area contributed by atoms with Gasteiger partial charge in [0.25, 0.3) is 11.8 Å². The molecule has 1 aliphatic rings. The van der Waals surface area contributed by atoms with Gasteiger partial charge < -0.3 is 4.84 Å². The quantitative estimate of drug-likeness (QED) is 0.597. The maximum Gasteiger partial charge on any atom is 0.345 e. The Hall–Kier alpha value is -1.82. The second kappa shape index (κ2) is 6.76. The summed E-state index contributed by atoms with van der Waals surface area (Å²) in [4.78, 5) is 41.0. The third-order valence-electron chi connectivity index (χ3n) is 3.14. The van der Waals surface area contributed by atoms with Crippen molar-refractivity contribution in [1.82, 2.24) is 5.06 Å². The molecule has 0 saturated carbocycles. The summed E-state index contributed by atoms with van der Waals surface area (Å²) in [5, 5.41) is 0.144. The number of carbonyl (C=O) groups is 3. The average Bonchev–Trinajstić information content (AvgIpc) is 2.73. The Morgan fingerprint density at radius 3 is 2.33 bits per heavy atom. The molecule has 0 N–H and O–H groups in total. The fraction of sp³-hybridized carbons (Fsp3) is 0.400. The van der Waals surface area contributed by atoms with Gasteiger partial charge in [-0.1, -0.05) is 30.5 Å². The monoisotopic (exact) mass is 307 g/mol. The van der Waals surface area contributed by atoms with Crippen molar-refractivity contribution in [3.05, 3.63) is 35.4 Å². The first-order valence-corrected chi connectivity index (χ1v) is 7.92. The minimum Gasteiger partial charge on any atom is -0.328 e. The third kappa shape index (κ3) is 3.26. The van der Waals surface area contributed by atoms with E-state index in [1.54, 1.807) is 31.2 Å². The van der Waals surface area contributed by atoms with E-state index in [0.717, 1.165) is 18.6 Å². The molecule has 5 nitrogen and oxygen atoms in total. The van der Waals surface area contributed by atoms with E-state index in [1.807, 2.05) is 0 Å². The van der Waals surface area contributed by atoms with Gasteiger partial charge in [-0.15, -0.1) is 11.8 Å². The molecular weight excluding hydrogens is 290 g/mol. The van der Waals surface area contributed by atoms with Crippen LogP contribution in [0.1, 0.15) is 47.4 Å². The molecule has 0 aromatic heterocycles. The van der Waals surface area contributed by atoms with Crippen molar-refractivity contribution in [1.29, 1.82) is 0 Å². The molecular formula is C15H17NO4S. The highest BCUT2D eigenvalue weighted by Gasteiger charge is 2.39. The van der Waals surface area contributed by atoms with Gasteiger partial charge in [-0.05, 0) is 31.2 Å². The summed E-state index contributed by atoms with van der Waals surface area (Å²) < 4.78 is 0. The smallest absolute Gasteiger partial charge is 0.328 e. The summed E-state index contributed by atoms with van der Waals surface area (Å²) in [5.74, 6) is -0.912. The Labute approximate surface area is 127 Å². The zero-order valence-electron chi connectivity index (χ0n) is 12.0. The van der Waals surface area contributed by atoms with Gasteiger partial charge in [0, 0.05) is 0 Å². The number of hydrogen-bond acceptors (Lipinski definition) is 5. The number of hydroxylamine groups is 2. The van der Waals surface area contributed by atoms with Crippen molar-refractivity contribution in [3.63, 3.8) is 0 Å². The van der Waals surface area contributed by atoms with E-state index in [0.29, 0.717) is 5.06 Å². The highest BCUT2D eigenvalue weighted by atomic mass is 32.2. The zero-order chi connectivity index (χ0) is 15.4. The van der Waals surface area contributed by atoms with E-state index < -0.39 is 23.0 Å². The van der Waals surface area contributed by atoms with Crippen LogP contribution in [-0.2, 0) is 9.63 Å². The summed E-state index contributed by atoms with van der Waals surface area (Å²) in [6.07, 6.45) is 2.06. The van der Waals surface area contributed by atoms with Crippen LogP contribution in [0.2, 0.25) is 0 Å². The van der Waals surface area contributed by atoms with Crippen molar-refractivity contribution in [2.24, 2.45) is 0 Å². The molecule has 1 heterocycles. The fourth-order valence-corrected chi connectivity index (χ4v) is 2.87.